The van der Waals surface area contributed by atoms with Crippen LogP contribution in [0.4, 0.5) is 4.39 Å². The summed E-state index contributed by atoms with van der Waals surface area (Å²) in [5, 5.41) is 0. The monoisotopic (exact) mass is 298 g/mol. The van der Waals surface area contributed by atoms with Crippen LogP contribution in [-0.2, 0) is 0 Å². The van der Waals surface area contributed by atoms with Crippen LogP contribution in [0.2, 0.25) is 0 Å². The van der Waals surface area contributed by atoms with Crippen molar-refractivity contribution in [1.82, 2.24) is 9.97 Å². The lowest BCUT2D eigenvalue weighted by Crippen LogP contribution is -1.99. The number of rotatable bonds is 7. The highest BCUT2D eigenvalue weighted by Crippen LogP contribution is 2.23. The Kier molecular flexibility index (Phi) is 5.91. The summed E-state index contributed by atoms with van der Waals surface area (Å²) in [4.78, 5) is 8.14. The van der Waals surface area contributed by atoms with E-state index in [2.05, 4.69) is 22.8 Å². The average molecular weight is 298 g/mol. The van der Waals surface area contributed by atoms with Gasteiger partial charge in [0.25, 0.3) is 0 Å². The number of hydrogen-bond acceptors (Lipinski definition) is 3. The predicted molar refractivity (Wildman–Crippen MR) is 85.0 cm³/mol. The first-order valence-electron chi connectivity index (χ1n) is 7.46. The van der Waals surface area contributed by atoms with Gasteiger partial charge in [-0.05, 0) is 18.6 Å². The van der Waals surface area contributed by atoms with Gasteiger partial charge in [-0.25, -0.2) is 14.4 Å². The molecule has 2 rings (SSSR count). The van der Waals surface area contributed by atoms with Crippen LogP contribution in [0.15, 0.2) is 30.6 Å². The summed E-state index contributed by atoms with van der Waals surface area (Å²) in [6, 6.07) is 4.73. The van der Waals surface area contributed by atoms with Gasteiger partial charge in [0.1, 0.15) is 11.6 Å². The molecular formula is C18H19FN2O. The van der Waals surface area contributed by atoms with Gasteiger partial charge in [0.2, 0.25) is 0 Å². The van der Waals surface area contributed by atoms with Crippen molar-refractivity contribution in [2.75, 3.05) is 6.61 Å². The van der Waals surface area contributed by atoms with Crippen LogP contribution < -0.4 is 4.74 Å². The Hall–Kier alpha value is -2.41. The lowest BCUT2D eigenvalue weighted by Gasteiger charge is -2.08. The Morgan fingerprint density at radius 2 is 1.95 bits per heavy atom. The van der Waals surface area contributed by atoms with Gasteiger partial charge in [-0.15, -0.1) is 6.42 Å². The lowest BCUT2D eigenvalue weighted by atomic mass is 10.2. The molecule has 1 aromatic carbocycles. The number of halogens is 1. The standard InChI is InChI=1S/C18H19FN2O/c1-3-5-6-7-10-22-15-8-9-16(17(19)11-15)18-20-12-14(4-2)13-21-18/h2,8-9,11-13H,3,5-7,10H2,1H3. The molecule has 0 fully saturated rings. The third-order valence-corrected chi connectivity index (χ3v) is 3.27. The van der Waals surface area contributed by atoms with Gasteiger partial charge in [-0.3, -0.25) is 0 Å². The second-order valence-corrected chi connectivity index (χ2v) is 4.99. The summed E-state index contributed by atoms with van der Waals surface area (Å²) in [7, 11) is 0. The zero-order valence-corrected chi connectivity index (χ0v) is 12.7. The van der Waals surface area contributed by atoms with Gasteiger partial charge in [-0.1, -0.05) is 32.1 Å². The van der Waals surface area contributed by atoms with E-state index in [0.717, 1.165) is 12.8 Å². The Labute approximate surface area is 130 Å². The maximum Gasteiger partial charge on any atom is 0.162 e. The van der Waals surface area contributed by atoms with Crippen LogP contribution in [-0.4, -0.2) is 16.6 Å². The number of benzene rings is 1. The zero-order valence-electron chi connectivity index (χ0n) is 12.7. The molecule has 1 aromatic heterocycles. The Balaban J connectivity index is 2.01. The number of ether oxygens (including phenoxy) is 1. The minimum atomic E-state index is -0.403. The van der Waals surface area contributed by atoms with E-state index < -0.39 is 5.82 Å². The van der Waals surface area contributed by atoms with Crippen LogP contribution in [0.5, 0.6) is 5.75 Å². The normalized spacial score (nSPS) is 10.2. The molecule has 0 unspecified atom stereocenters. The van der Waals surface area contributed by atoms with Crippen molar-refractivity contribution in [3.63, 3.8) is 0 Å². The topological polar surface area (TPSA) is 35.0 Å². The molecular weight excluding hydrogens is 279 g/mol. The average Bonchev–Trinajstić information content (AvgIpc) is 2.55. The maximum absolute atomic E-state index is 14.1. The fourth-order valence-electron chi connectivity index (χ4n) is 2.03. The molecule has 0 saturated heterocycles. The van der Waals surface area contributed by atoms with Crippen LogP contribution in [0.25, 0.3) is 11.4 Å². The molecule has 114 valence electrons. The largest absolute Gasteiger partial charge is 0.493 e. The SMILES string of the molecule is C#Cc1cnc(-c2ccc(OCCCCCC)cc2F)nc1. The second-order valence-electron chi connectivity index (χ2n) is 4.99. The van der Waals surface area contributed by atoms with Crippen molar-refractivity contribution in [3.05, 3.63) is 42.0 Å². The molecule has 1 heterocycles. The van der Waals surface area contributed by atoms with Crippen molar-refractivity contribution in [3.8, 4) is 29.5 Å². The third-order valence-electron chi connectivity index (χ3n) is 3.27. The second kappa shape index (κ2) is 8.14. The van der Waals surface area contributed by atoms with Gasteiger partial charge in [0.05, 0.1) is 17.7 Å². The Morgan fingerprint density at radius 1 is 1.18 bits per heavy atom. The molecule has 0 spiro atoms. The van der Waals surface area contributed by atoms with Gasteiger partial charge < -0.3 is 4.74 Å². The first-order chi connectivity index (χ1) is 10.7. The first-order valence-corrected chi connectivity index (χ1v) is 7.46. The molecule has 0 aliphatic heterocycles. The zero-order chi connectivity index (χ0) is 15.8. The molecule has 4 heteroatoms. The van der Waals surface area contributed by atoms with Crippen molar-refractivity contribution in [2.45, 2.75) is 32.6 Å². The summed E-state index contributed by atoms with van der Waals surface area (Å²) in [5.74, 6) is 2.86. The van der Waals surface area contributed by atoms with E-state index >= 15 is 0 Å². The molecule has 0 aliphatic carbocycles. The summed E-state index contributed by atoms with van der Waals surface area (Å²) in [6.45, 7) is 2.76. The van der Waals surface area contributed by atoms with Crippen molar-refractivity contribution >= 4 is 0 Å². The van der Waals surface area contributed by atoms with Gasteiger partial charge >= 0.3 is 0 Å². The molecule has 22 heavy (non-hydrogen) atoms. The highest BCUT2D eigenvalue weighted by atomic mass is 19.1. The van der Waals surface area contributed by atoms with Crippen molar-refractivity contribution < 1.29 is 9.13 Å². The van der Waals surface area contributed by atoms with Crippen molar-refractivity contribution in [2.24, 2.45) is 0 Å². The quantitative estimate of drug-likeness (QED) is 0.567. The van der Waals surface area contributed by atoms with Crippen LogP contribution >= 0.6 is 0 Å². The smallest absolute Gasteiger partial charge is 0.162 e. The molecule has 0 amide bonds. The summed E-state index contributed by atoms with van der Waals surface area (Å²) in [6.07, 6.45) is 12.7. The van der Waals surface area contributed by atoms with E-state index in [9.17, 15) is 4.39 Å². The van der Waals surface area contributed by atoms with E-state index in [1.165, 1.54) is 31.3 Å². The fourth-order valence-corrected chi connectivity index (χ4v) is 2.03. The Morgan fingerprint density at radius 3 is 2.59 bits per heavy atom. The highest BCUT2D eigenvalue weighted by Gasteiger charge is 2.09. The molecule has 0 N–H and O–H groups in total. The van der Waals surface area contributed by atoms with Crippen LogP contribution in [0, 0.1) is 18.2 Å². The molecule has 0 saturated carbocycles. The first kappa shape index (κ1) is 16.0. The molecule has 3 nitrogen and oxygen atoms in total. The van der Waals surface area contributed by atoms with E-state index in [0.29, 0.717) is 29.3 Å². The van der Waals surface area contributed by atoms with Crippen LogP contribution in [0.3, 0.4) is 0 Å². The number of nitrogens with zero attached hydrogens (tertiary/aromatic N) is 2. The van der Waals surface area contributed by atoms with E-state index in [1.54, 1.807) is 12.1 Å². The summed E-state index contributed by atoms with van der Waals surface area (Å²) in [5.41, 5.74) is 0.901. The van der Waals surface area contributed by atoms with Gasteiger partial charge in [0, 0.05) is 18.5 Å². The Bertz CT molecular complexity index is 647. The van der Waals surface area contributed by atoms with Crippen LogP contribution in [0.1, 0.15) is 38.2 Å². The molecule has 0 radical (unpaired) electrons. The van der Waals surface area contributed by atoms with Crippen molar-refractivity contribution in [1.29, 1.82) is 0 Å². The molecule has 2 aromatic rings. The number of unbranched alkanes of at least 4 members (excludes halogenated alkanes) is 3. The number of aromatic nitrogens is 2. The van der Waals surface area contributed by atoms with Gasteiger partial charge in [-0.2, -0.15) is 0 Å². The third kappa shape index (κ3) is 4.29. The predicted octanol–water partition coefficient (Wildman–Crippen LogP) is 4.22. The number of terminal acetylenes is 1. The lowest BCUT2D eigenvalue weighted by molar-refractivity contribution is 0.303. The van der Waals surface area contributed by atoms with E-state index in [-0.39, 0.29) is 0 Å². The molecule has 0 aliphatic rings. The van der Waals surface area contributed by atoms with E-state index in [1.807, 2.05) is 0 Å². The summed E-state index contributed by atoms with van der Waals surface area (Å²) < 4.78 is 19.7. The fraction of sp³-hybridized carbons (Fsp3) is 0.333. The molecule has 0 bridgehead atoms. The highest BCUT2D eigenvalue weighted by molar-refractivity contribution is 5.57. The minimum Gasteiger partial charge on any atom is -0.493 e. The number of hydrogen-bond donors (Lipinski definition) is 0. The van der Waals surface area contributed by atoms with E-state index in [4.69, 9.17) is 11.2 Å². The maximum atomic E-state index is 14.1. The summed E-state index contributed by atoms with van der Waals surface area (Å²) >= 11 is 0. The minimum absolute atomic E-state index is 0.311. The van der Waals surface area contributed by atoms with Gasteiger partial charge in [0.15, 0.2) is 5.82 Å². The molecule has 0 atom stereocenters.